The van der Waals surface area contributed by atoms with E-state index in [1.54, 1.807) is 31.4 Å². The molecule has 0 saturated heterocycles. The molecule has 1 N–H and O–H groups in total. The summed E-state index contributed by atoms with van der Waals surface area (Å²) in [5.41, 5.74) is 3.82. The van der Waals surface area contributed by atoms with E-state index in [4.69, 9.17) is 0 Å². The quantitative estimate of drug-likeness (QED) is 0.896. The number of nitrogens with zero attached hydrogens (tertiary/aromatic N) is 3. The van der Waals surface area contributed by atoms with Crippen molar-refractivity contribution in [2.75, 3.05) is 32.1 Å². The average molecular weight is 338 g/mol. The van der Waals surface area contributed by atoms with Crippen LogP contribution in [0, 0.1) is 0 Å². The van der Waals surface area contributed by atoms with Gasteiger partial charge in [-0.05, 0) is 41.8 Å². The van der Waals surface area contributed by atoms with Gasteiger partial charge in [-0.1, -0.05) is 6.07 Å². The zero-order valence-corrected chi connectivity index (χ0v) is 14.5. The Balaban J connectivity index is 1.61. The first-order valence-corrected chi connectivity index (χ1v) is 8.30. The normalized spacial score (nSPS) is 12.6. The van der Waals surface area contributed by atoms with Gasteiger partial charge in [0.15, 0.2) is 0 Å². The lowest BCUT2D eigenvalue weighted by Gasteiger charge is -2.19. The van der Waals surface area contributed by atoms with E-state index in [1.807, 2.05) is 30.3 Å². The van der Waals surface area contributed by atoms with Gasteiger partial charge in [-0.3, -0.25) is 14.6 Å². The minimum atomic E-state index is -0.0230. The molecule has 2 heterocycles. The highest BCUT2D eigenvalue weighted by molar-refractivity contribution is 5.95. The molecule has 0 fully saturated rings. The first kappa shape index (κ1) is 17.0. The van der Waals surface area contributed by atoms with Crippen LogP contribution < -0.4 is 10.2 Å². The van der Waals surface area contributed by atoms with E-state index >= 15 is 0 Å². The van der Waals surface area contributed by atoms with E-state index in [2.05, 4.69) is 15.2 Å². The number of carbonyl (C=O) groups is 2. The van der Waals surface area contributed by atoms with Crippen molar-refractivity contribution in [2.24, 2.45) is 0 Å². The van der Waals surface area contributed by atoms with Crippen molar-refractivity contribution >= 4 is 17.5 Å². The number of carbonyl (C=O) groups excluding carboxylic acids is 2. The zero-order chi connectivity index (χ0) is 17.8. The number of pyridine rings is 1. The van der Waals surface area contributed by atoms with Crippen molar-refractivity contribution in [3.8, 4) is 0 Å². The maximum absolute atomic E-state index is 12.2. The standard InChI is InChI=1S/C19H22N4O2/c1-22(2)19(25)16-5-6-17-15(10-16)7-9-23(17)13-18(24)21-12-14-4-3-8-20-11-14/h3-6,8,10-11H,7,9,12-13H2,1-2H3,(H,21,24). The fourth-order valence-electron chi connectivity index (χ4n) is 2.96. The van der Waals surface area contributed by atoms with Gasteiger partial charge in [0.25, 0.3) is 5.91 Å². The van der Waals surface area contributed by atoms with Crippen molar-refractivity contribution in [3.05, 3.63) is 59.4 Å². The van der Waals surface area contributed by atoms with Crippen LogP contribution in [-0.2, 0) is 17.8 Å². The summed E-state index contributed by atoms with van der Waals surface area (Å²) in [6, 6.07) is 9.48. The first-order valence-electron chi connectivity index (χ1n) is 8.30. The molecule has 130 valence electrons. The summed E-state index contributed by atoms with van der Waals surface area (Å²) >= 11 is 0. The van der Waals surface area contributed by atoms with E-state index < -0.39 is 0 Å². The van der Waals surface area contributed by atoms with Crippen molar-refractivity contribution in [1.29, 1.82) is 0 Å². The van der Waals surface area contributed by atoms with Crippen LogP contribution in [0.5, 0.6) is 0 Å². The highest BCUT2D eigenvalue weighted by Gasteiger charge is 2.22. The second-order valence-electron chi connectivity index (χ2n) is 6.35. The molecule has 0 atom stereocenters. The number of benzene rings is 1. The number of hydrogen-bond donors (Lipinski definition) is 1. The molecular formula is C19H22N4O2. The number of rotatable bonds is 5. The van der Waals surface area contributed by atoms with E-state index in [-0.39, 0.29) is 11.8 Å². The van der Waals surface area contributed by atoms with Gasteiger partial charge >= 0.3 is 0 Å². The predicted octanol–water partition coefficient (Wildman–Crippen LogP) is 1.46. The van der Waals surface area contributed by atoms with Crippen LogP contribution in [0.4, 0.5) is 5.69 Å². The Morgan fingerprint density at radius 2 is 2.12 bits per heavy atom. The summed E-state index contributed by atoms with van der Waals surface area (Å²) in [6.45, 7) is 1.58. The topological polar surface area (TPSA) is 65.5 Å². The van der Waals surface area contributed by atoms with Crippen LogP contribution in [0.25, 0.3) is 0 Å². The van der Waals surface area contributed by atoms with Crippen molar-refractivity contribution in [2.45, 2.75) is 13.0 Å². The summed E-state index contributed by atoms with van der Waals surface area (Å²) < 4.78 is 0. The Hall–Kier alpha value is -2.89. The monoisotopic (exact) mass is 338 g/mol. The highest BCUT2D eigenvalue weighted by Crippen LogP contribution is 2.28. The van der Waals surface area contributed by atoms with Crippen LogP contribution in [-0.4, -0.2) is 48.9 Å². The minimum Gasteiger partial charge on any atom is -0.362 e. The third-order valence-electron chi connectivity index (χ3n) is 4.27. The molecule has 0 unspecified atom stereocenters. The molecular weight excluding hydrogens is 316 g/mol. The highest BCUT2D eigenvalue weighted by atomic mass is 16.2. The van der Waals surface area contributed by atoms with Gasteiger partial charge in [-0.25, -0.2) is 0 Å². The van der Waals surface area contributed by atoms with Crippen molar-refractivity contribution < 1.29 is 9.59 Å². The lowest BCUT2D eigenvalue weighted by molar-refractivity contribution is -0.119. The fraction of sp³-hybridized carbons (Fsp3) is 0.316. The number of hydrogen-bond acceptors (Lipinski definition) is 4. The molecule has 1 aliphatic rings. The fourth-order valence-corrected chi connectivity index (χ4v) is 2.96. The SMILES string of the molecule is CN(C)C(=O)c1ccc2c(c1)CCN2CC(=O)NCc1cccnc1. The van der Waals surface area contributed by atoms with Gasteiger partial charge in [0, 0.05) is 50.8 Å². The van der Waals surface area contributed by atoms with Crippen LogP contribution in [0.1, 0.15) is 21.5 Å². The Morgan fingerprint density at radius 3 is 2.84 bits per heavy atom. The van der Waals surface area contributed by atoms with Gasteiger partial charge in [-0.2, -0.15) is 0 Å². The van der Waals surface area contributed by atoms with Gasteiger partial charge < -0.3 is 15.1 Å². The number of nitrogens with one attached hydrogen (secondary N) is 1. The maximum Gasteiger partial charge on any atom is 0.253 e. The Kier molecular flexibility index (Phi) is 4.97. The molecule has 6 heteroatoms. The molecule has 0 spiro atoms. The number of amides is 2. The summed E-state index contributed by atoms with van der Waals surface area (Å²) in [4.78, 5) is 31.9. The third kappa shape index (κ3) is 3.96. The van der Waals surface area contributed by atoms with Gasteiger partial charge in [0.2, 0.25) is 5.91 Å². The van der Waals surface area contributed by atoms with Gasteiger partial charge in [-0.15, -0.1) is 0 Å². The minimum absolute atomic E-state index is 0.00420. The molecule has 0 bridgehead atoms. The summed E-state index contributed by atoms with van der Waals surface area (Å²) in [6.07, 6.45) is 4.30. The molecule has 1 aromatic carbocycles. The van der Waals surface area contributed by atoms with Crippen LogP contribution in [0.15, 0.2) is 42.7 Å². The van der Waals surface area contributed by atoms with Crippen LogP contribution >= 0.6 is 0 Å². The van der Waals surface area contributed by atoms with Gasteiger partial charge in [0.1, 0.15) is 0 Å². The number of anilines is 1. The Labute approximate surface area is 147 Å². The molecule has 3 rings (SSSR count). The number of aromatic nitrogens is 1. The molecule has 0 radical (unpaired) electrons. The molecule has 1 aromatic heterocycles. The summed E-state index contributed by atoms with van der Waals surface area (Å²) in [5, 5.41) is 2.92. The Morgan fingerprint density at radius 1 is 1.28 bits per heavy atom. The van der Waals surface area contributed by atoms with E-state index in [1.165, 1.54) is 0 Å². The molecule has 2 aromatic rings. The first-order chi connectivity index (χ1) is 12.0. The Bertz CT molecular complexity index is 774. The summed E-state index contributed by atoms with van der Waals surface area (Å²) in [5.74, 6) is -0.0272. The molecule has 6 nitrogen and oxygen atoms in total. The van der Waals surface area contributed by atoms with Gasteiger partial charge in [0.05, 0.1) is 6.54 Å². The smallest absolute Gasteiger partial charge is 0.253 e. The van der Waals surface area contributed by atoms with Crippen molar-refractivity contribution in [3.63, 3.8) is 0 Å². The third-order valence-corrected chi connectivity index (χ3v) is 4.27. The van der Waals surface area contributed by atoms with E-state index in [0.717, 1.165) is 29.8 Å². The molecule has 2 amide bonds. The second-order valence-corrected chi connectivity index (χ2v) is 6.35. The van der Waals surface area contributed by atoms with E-state index in [9.17, 15) is 9.59 Å². The lowest BCUT2D eigenvalue weighted by atomic mass is 10.1. The largest absolute Gasteiger partial charge is 0.362 e. The lowest BCUT2D eigenvalue weighted by Crippen LogP contribution is -2.36. The molecule has 0 saturated carbocycles. The average Bonchev–Trinajstić information content (AvgIpc) is 3.02. The predicted molar refractivity (Wildman–Crippen MR) is 96.5 cm³/mol. The summed E-state index contributed by atoms with van der Waals surface area (Å²) in [7, 11) is 3.49. The van der Waals surface area contributed by atoms with Crippen LogP contribution in [0.3, 0.4) is 0 Å². The maximum atomic E-state index is 12.2. The van der Waals surface area contributed by atoms with Crippen molar-refractivity contribution in [1.82, 2.24) is 15.2 Å². The molecule has 1 aliphatic heterocycles. The zero-order valence-electron chi connectivity index (χ0n) is 14.5. The molecule has 0 aliphatic carbocycles. The van der Waals surface area contributed by atoms with E-state index in [0.29, 0.717) is 18.7 Å². The second kappa shape index (κ2) is 7.34. The molecule has 25 heavy (non-hydrogen) atoms. The van der Waals surface area contributed by atoms with Crippen LogP contribution in [0.2, 0.25) is 0 Å². The number of fused-ring (bicyclic) bond motifs is 1.